The van der Waals surface area contributed by atoms with Crippen molar-refractivity contribution >= 4 is 23.2 Å². The summed E-state index contributed by atoms with van der Waals surface area (Å²) in [4.78, 5) is 26.5. The first-order valence-corrected chi connectivity index (χ1v) is 7.27. The van der Waals surface area contributed by atoms with Crippen molar-refractivity contribution in [2.45, 2.75) is 33.2 Å². The topological polar surface area (TPSA) is 49.4 Å². The lowest BCUT2D eigenvalue weighted by Gasteiger charge is -2.23. The summed E-state index contributed by atoms with van der Waals surface area (Å²) in [7, 11) is 3.41. The first kappa shape index (κ1) is 15.7. The van der Waals surface area contributed by atoms with Gasteiger partial charge in [-0.25, -0.2) is 0 Å². The van der Waals surface area contributed by atoms with Crippen LogP contribution in [-0.4, -0.2) is 36.9 Å². The van der Waals surface area contributed by atoms with Gasteiger partial charge in [-0.1, -0.05) is 13.8 Å². The van der Waals surface area contributed by atoms with Crippen molar-refractivity contribution in [1.82, 2.24) is 10.2 Å². The van der Waals surface area contributed by atoms with Crippen molar-refractivity contribution in [1.29, 1.82) is 0 Å². The number of thiophene rings is 1. The number of likely N-dealkylation sites (N-methyl/N-ethyl adjacent to an activating group) is 1. The van der Waals surface area contributed by atoms with E-state index in [0.29, 0.717) is 17.2 Å². The number of nitrogens with one attached hydrogen (secondary N) is 1. The molecule has 0 aliphatic carbocycles. The van der Waals surface area contributed by atoms with Gasteiger partial charge in [0, 0.05) is 14.1 Å². The number of aryl methyl sites for hydroxylation is 1. The molecule has 1 aromatic rings. The molecule has 0 bridgehead atoms. The maximum atomic E-state index is 12.2. The van der Waals surface area contributed by atoms with E-state index in [4.69, 9.17) is 0 Å². The number of carbonyl (C=O) groups excluding carboxylic acids is 2. The van der Waals surface area contributed by atoms with Gasteiger partial charge in [0.2, 0.25) is 5.91 Å². The van der Waals surface area contributed by atoms with Gasteiger partial charge in [0.25, 0.3) is 5.91 Å². The van der Waals surface area contributed by atoms with E-state index < -0.39 is 6.04 Å². The van der Waals surface area contributed by atoms with E-state index in [0.717, 1.165) is 5.56 Å². The predicted octanol–water partition coefficient (Wildman–Crippen LogP) is 2.29. The summed E-state index contributed by atoms with van der Waals surface area (Å²) in [5, 5.41) is 4.74. The quantitative estimate of drug-likeness (QED) is 0.901. The summed E-state index contributed by atoms with van der Waals surface area (Å²) in [6.45, 7) is 5.98. The monoisotopic (exact) mass is 282 g/mol. The molecule has 0 aromatic carbocycles. The zero-order chi connectivity index (χ0) is 14.6. The van der Waals surface area contributed by atoms with E-state index in [1.807, 2.05) is 32.2 Å². The molecule has 1 aromatic heterocycles. The molecule has 0 saturated heterocycles. The van der Waals surface area contributed by atoms with Crippen molar-refractivity contribution in [3.05, 3.63) is 21.9 Å². The van der Waals surface area contributed by atoms with Crippen LogP contribution in [0.3, 0.4) is 0 Å². The minimum absolute atomic E-state index is 0.0590. The highest BCUT2D eigenvalue weighted by atomic mass is 32.1. The minimum atomic E-state index is -0.455. The Morgan fingerprint density at radius 1 is 1.37 bits per heavy atom. The minimum Gasteiger partial charge on any atom is -0.347 e. The normalized spacial score (nSPS) is 12.3. The van der Waals surface area contributed by atoms with Crippen LogP contribution in [0.15, 0.2) is 11.4 Å². The fourth-order valence-electron chi connectivity index (χ4n) is 1.83. The van der Waals surface area contributed by atoms with E-state index in [1.165, 1.54) is 16.2 Å². The summed E-state index contributed by atoms with van der Waals surface area (Å²) in [6, 6.07) is 1.45. The van der Waals surface area contributed by atoms with Crippen LogP contribution >= 0.6 is 11.3 Å². The largest absolute Gasteiger partial charge is 0.347 e. The van der Waals surface area contributed by atoms with Crippen molar-refractivity contribution in [2.75, 3.05) is 14.1 Å². The highest BCUT2D eigenvalue weighted by Crippen LogP contribution is 2.16. The number of hydrogen-bond acceptors (Lipinski definition) is 3. The molecule has 0 spiro atoms. The summed E-state index contributed by atoms with van der Waals surface area (Å²) >= 11 is 1.40. The third-order valence-electron chi connectivity index (χ3n) is 2.82. The van der Waals surface area contributed by atoms with E-state index >= 15 is 0 Å². The Morgan fingerprint density at radius 3 is 2.42 bits per heavy atom. The summed E-state index contributed by atoms with van der Waals surface area (Å²) < 4.78 is 0. The van der Waals surface area contributed by atoms with E-state index in [1.54, 1.807) is 14.1 Å². The van der Waals surface area contributed by atoms with Crippen molar-refractivity contribution in [2.24, 2.45) is 5.92 Å². The Bertz CT molecular complexity index is 452. The highest BCUT2D eigenvalue weighted by Gasteiger charge is 2.24. The maximum absolute atomic E-state index is 12.2. The molecule has 4 nitrogen and oxygen atoms in total. The average molecular weight is 282 g/mol. The standard InChI is InChI=1S/C14H22N2O2S/c1-9(2)8-11(14(18)16(4)5)15-13(17)12-10(3)6-7-19-12/h6-7,9,11H,8H2,1-5H3,(H,15,17)/t11-/m1/s1. The molecule has 5 heteroatoms. The van der Waals surface area contributed by atoms with E-state index in [9.17, 15) is 9.59 Å². The van der Waals surface area contributed by atoms with Crippen LogP contribution in [0.25, 0.3) is 0 Å². The SMILES string of the molecule is Cc1ccsc1C(=O)N[C@H](CC(C)C)C(=O)N(C)C. The van der Waals surface area contributed by atoms with Gasteiger partial charge in [-0.2, -0.15) is 0 Å². The fourth-order valence-corrected chi connectivity index (χ4v) is 2.66. The summed E-state index contributed by atoms with van der Waals surface area (Å²) in [6.07, 6.45) is 0.646. The molecule has 0 fully saturated rings. The lowest BCUT2D eigenvalue weighted by Crippen LogP contribution is -2.46. The zero-order valence-electron chi connectivity index (χ0n) is 12.2. The van der Waals surface area contributed by atoms with Crippen molar-refractivity contribution in [3.63, 3.8) is 0 Å². The molecule has 0 unspecified atom stereocenters. The van der Waals surface area contributed by atoms with Gasteiger partial charge in [-0.3, -0.25) is 9.59 Å². The summed E-state index contributed by atoms with van der Waals surface area (Å²) in [5.74, 6) is 0.128. The molecule has 1 heterocycles. The Hall–Kier alpha value is -1.36. The zero-order valence-corrected chi connectivity index (χ0v) is 13.0. The lowest BCUT2D eigenvalue weighted by molar-refractivity contribution is -0.131. The third kappa shape index (κ3) is 4.35. The number of hydrogen-bond donors (Lipinski definition) is 1. The first-order valence-electron chi connectivity index (χ1n) is 6.39. The number of rotatable bonds is 5. The molecule has 1 rings (SSSR count). The highest BCUT2D eigenvalue weighted by molar-refractivity contribution is 7.12. The van der Waals surface area contributed by atoms with Gasteiger partial charge in [0.15, 0.2) is 0 Å². The Labute approximate surface area is 118 Å². The third-order valence-corrected chi connectivity index (χ3v) is 3.83. The van der Waals surface area contributed by atoms with Gasteiger partial charge in [-0.05, 0) is 36.3 Å². The molecular formula is C14H22N2O2S. The molecule has 0 saturated carbocycles. The van der Waals surface area contributed by atoms with Crippen LogP contribution in [-0.2, 0) is 4.79 Å². The van der Waals surface area contributed by atoms with Crippen molar-refractivity contribution < 1.29 is 9.59 Å². The molecule has 1 N–H and O–H groups in total. The second-order valence-corrected chi connectivity index (χ2v) is 6.24. The van der Waals surface area contributed by atoms with Gasteiger partial charge in [-0.15, -0.1) is 11.3 Å². The molecular weight excluding hydrogens is 260 g/mol. The lowest BCUT2D eigenvalue weighted by atomic mass is 10.0. The summed E-state index contributed by atoms with van der Waals surface area (Å²) in [5.41, 5.74) is 0.947. The van der Waals surface area contributed by atoms with E-state index in [-0.39, 0.29) is 11.8 Å². The van der Waals surface area contributed by atoms with Gasteiger partial charge >= 0.3 is 0 Å². The smallest absolute Gasteiger partial charge is 0.262 e. The molecule has 2 amide bonds. The number of carbonyl (C=O) groups is 2. The average Bonchev–Trinajstić information content (AvgIpc) is 2.72. The Kier molecular flexibility index (Phi) is 5.54. The second-order valence-electron chi connectivity index (χ2n) is 5.32. The molecule has 1 atom stereocenters. The molecule has 0 aliphatic rings. The predicted molar refractivity (Wildman–Crippen MR) is 78.5 cm³/mol. The van der Waals surface area contributed by atoms with Gasteiger partial charge in [0.1, 0.15) is 6.04 Å². The molecule has 19 heavy (non-hydrogen) atoms. The second kappa shape index (κ2) is 6.70. The van der Waals surface area contributed by atoms with Gasteiger partial charge < -0.3 is 10.2 Å². The number of amides is 2. The Morgan fingerprint density at radius 2 is 2.00 bits per heavy atom. The maximum Gasteiger partial charge on any atom is 0.262 e. The number of nitrogens with zero attached hydrogens (tertiary/aromatic N) is 1. The van der Waals surface area contributed by atoms with Crippen molar-refractivity contribution in [3.8, 4) is 0 Å². The van der Waals surface area contributed by atoms with Crippen LogP contribution in [0.4, 0.5) is 0 Å². The molecule has 0 aliphatic heterocycles. The first-order chi connectivity index (χ1) is 8.82. The van der Waals surface area contributed by atoms with E-state index in [2.05, 4.69) is 5.32 Å². The van der Waals surface area contributed by atoms with Crippen LogP contribution in [0.1, 0.15) is 35.5 Å². The Balaban J connectivity index is 2.80. The van der Waals surface area contributed by atoms with Crippen LogP contribution in [0.5, 0.6) is 0 Å². The van der Waals surface area contributed by atoms with Crippen LogP contribution < -0.4 is 5.32 Å². The fraction of sp³-hybridized carbons (Fsp3) is 0.571. The van der Waals surface area contributed by atoms with Crippen LogP contribution in [0, 0.1) is 12.8 Å². The molecule has 0 radical (unpaired) electrons. The molecule has 106 valence electrons. The van der Waals surface area contributed by atoms with Gasteiger partial charge in [0.05, 0.1) is 4.88 Å². The van der Waals surface area contributed by atoms with Crippen LogP contribution in [0.2, 0.25) is 0 Å².